The summed E-state index contributed by atoms with van der Waals surface area (Å²) < 4.78 is 5.70. The fourth-order valence-electron chi connectivity index (χ4n) is 3.52. The maximum Gasteiger partial charge on any atom is 0.317 e. The molecule has 2 saturated heterocycles. The van der Waals surface area contributed by atoms with Crippen LogP contribution in [0.4, 0.5) is 0 Å². The monoisotopic (exact) mass is 362 g/mol. The number of hydrogen-bond acceptors (Lipinski definition) is 6. The van der Waals surface area contributed by atoms with Gasteiger partial charge in [-0.2, -0.15) is 0 Å². The van der Waals surface area contributed by atoms with Crippen molar-refractivity contribution in [2.24, 2.45) is 0 Å². The highest BCUT2D eigenvalue weighted by Gasteiger charge is 2.35. The van der Waals surface area contributed by atoms with Crippen molar-refractivity contribution in [2.45, 2.75) is 24.6 Å². The van der Waals surface area contributed by atoms with Gasteiger partial charge in [0, 0.05) is 25.7 Å². The highest BCUT2D eigenvalue weighted by molar-refractivity contribution is 5.82. The molecule has 0 aliphatic carbocycles. The highest BCUT2D eigenvalue weighted by Crippen LogP contribution is 2.23. The van der Waals surface area contributed by atoms with E-state index in [1.54, 1.807) is 11.9 Å². The molecule has 2 heterocycles. The van der Waals surface area contributed by atoms with Gasteiger partial charge in [-0.1, -0.05) is 30.3 Å². The molecule has 3 rings (SSSR count). The number of ether oxygens (including phenoxy) is 1. The second kappa shape index (κ2) is 8.59. The van der Waals surface area contributed by atoms with Crippen molar-refractivity contribution in [3.05, 3.63) is 35.9 Å². The molecule has 0 bridgehead atoms. The van der Waals surface area contributed by atoms with E-state index in [4.69, 9.17) is 9.84 Å². The average Bonchev–Trinajstić information content (AvgIpc) is 3.11. The number of amides is 1. The van der Waals surface area contributed by atoms with E-state index in [-0.39, 0.29) is 30.6 Å². The van der Waals surface area contributed by atoms with Crippen LogP contribution in [0, 0.1) is 0 Å². The SMILES string of the molecule is CN(CC(=O)O)CC1CN(C(=O)C2CC(c3ccccc3)NN2)CCO1. The minimum absolute atomic E-state index is 0.0410. The minimum Gasteiger partial charge on any atom is -0.480 e. The Balaban J connectivity index is 1.52. The summed E-state index contributed by atoms with van der Waals surface area (Å²) in [7, 11) is 1.74. The lowest BCUT2D eigenvalue weighted by Crippen LogP contribution is -2.54. The normalized spacial score (nSPS) is 26.2. The number of hydrogen-bond donors (Lipinski definition) is 3. The number of rotatable bonds is 6. The van der Waals surface area contributed by atoms with Crippen molar-refractivity contribution in [1.29, 1.82) is 0 Å². The molecule has 0 spiro atoms. The van der Waals surface area contributed by atoms with Crippen molar-refractivity contribution in [3.8, 4) is 0 Å². The van der Waals surface area contributed by atoms with Gasteiger partial charge in [-0.05, 0) is 19.0 Å². The van der Waals surface area contributed by atoms with Gasteiger partial charge >= 0.3 is 5.97 Å². The Kier molecular flexibility index (Phi) is 6.20. The molecule has 2 aliphatic rings. The lowest BCUT2D eigenvalue weighted by Gasteiger charge is -2.35. The Morgan fingerprint density at radius 1 is 1.31 bits per heavy atom. The first-order valence-corrected chi connectivity index (χ1v) is 8.89. The fraction of sp³-hybridized carbons (Fsp3) is 0.556. The third kappa shape index (κ3) is 4.79. The highest BCUT2D eigenvalue weighted by atomic mass is 16.5. The molecule has 8 heteroatoms. The molecule has 0 aromatic heterocycles. The van der Waals surface area contributed by atoms with Crippen LogP contribution in [-0.2, 0) is 14.3 Å². The van der Waals surface area contributed by atoms with E-state index in [9.17, 15) is 9.59 Å². The minimum atomic E-state index is -0.871. The van der Waals surface area contributed by atoms with Crippen molar-refractivity contribution in [1.82, 2.24) is 20.7 Å². The zero-order chi connectivity index (χ0) is 18.5. The van der Waals surface area contributed by atoms with Gasteiger partial charge in [-0.15, -0.1) is 0 Å². The quantitative estimate of drug-likeness (QED) is 0.647. The summed E-state index contributed by atoms with van der Waals surface area (Å²) in [5, 5.41) is 8.85. The summed E-state index contributed by atoms with van der Waals surface area (Å²) in [6.07, 6.45) is 0.528. The molecule has 0 saturated carbocycles. The number of carbonyl (C=O) groups is 2. The fourth-order valence-corrected chi connectivity index (χ4v) is 3.52. The second-order valence-electron chi connectivity index (χ2n) is 6.91. The molecule has 142 valence electrons. The lowest BCUT2D eigenvalue weighted by atomic mass is 10.0. The Morgan fingerprint density at radius 3 is 2.81 bits per heavy atom. The van der Waals surface area contributed by atoms with Gasteiger partial charge in [0.1, 0.15) is 6.04 Å². The van der Waals surface area contributed by atoms with E-state index < -0.39 is 5.97 Å². The van der Waals surface area contributed by atoms with Gasteiger partial charge in [0.2, 0.25) is 5.91 Å². The first kappa shape index (κ1) is 18.8. The number of carboxylic acid groups (broad SMARTS) is 1. The van der Waals surface area contributed by atoms with Crippen LogP contribution in [0.2, 0.25) is 0 Å². The second-order valence-corrected chi connectivity index (χ2v) is 6.91. The van der Waals surface area contributed by atoms with Crippen LogP contribution in [0.15, 0.2) is 30.3 Å². The van der Waals surface area contributed by atoms with Crippen molar-refractivity contribution in [3.63, 3.8) is 0 Å². The van der Waals surface area contributed by atoms with E-state index in [1.807, 2.05) is 23.1 Å². The van der Waals surface area contributed by atoms with Gasteiger partial charge in [0.25, 0.3) is 0 Å². The standard InChI is InChI=1S/C18H26N4O4/c1-21(12-17(23)24)10-14-11-22(7-8-26-14)18(25)16-9-15(19-20-16)13-5-3-2-4-6-13/h2-6,14-16,19-20H,7-12H2,1H3,(H,23,24). The number of hydrazine groups is 1. The van der Waals surface area contributed by atoms with Gasteiger partial charge in [0.05, 0.1) is 19.3 Å². The number of aliphatic carboxylic acids is 1. The van der Waals surface area contributed by atoms with Gasteiger partial charge < -0.3 is 14.7 Å². The molecular weight excluding hydrogens is 336 g/mol. The Bertz CT molecular complexity index is 627. The van der Waals surface area contributed by atoms with Crippen molar-refractivity contribution in [2.75, 3.05) is 39.8 Å². The molecule has 1 amide bonds. The Morgan fingerprint density at radius 2 is 2.08 bits per heavy atom. The largest absolute Gasteiger partial charge is 0.480 e. The molecule has 1 aromatic rings. The number of likely N-dealkylation sites (N-methyl/N-ethyl adjacent to an activating group) is 1. The molecule has 2 aliphatic heterocycles. The van der Waals surface area contributed by atoms with E-state index in [0.29, 0.717) is 32.7 Å². The van der Waals surface area contributed by atoms with Crippen LogP contribution >= 0.6 is 0 Å². The van der Waals surface area contributed by atoms with Crippen molar-refractivity contribution < 1.29 is 19.4 Å². The summed E-state index contributed by atoms with van der Waals surface area (Å²) in [6.45, 7) is 1.96. The summed E-state index contributed by atoms with van der Waals surface area (Å²) in [5.41, 5.74) is 7.48. The summed E-state index contributed by atoms with van der Waals surface area (Å²) in [6, 6.07) is 9.91. The molecule has 3 N–H and O–H groups in total. The summed E-state index contributed by atoms with van der Waals surface area (Å²) in [5.74, 6) is -0.811. The van der Waals surface area contributed by atoms with E-state index in [2.05, 4.69) is 23.0 Å². The molecule has 8 nitrogen and oxygen atoms in total. The third-order valence-electron chi connectivity index (χ3n) is 4.77. The van der Waals surface area contributed by atoms with Gasteiger partial charge in [-0.3, -0.25) is 14.5 Å². The Hall–Kier alpha value is -2.00. The zero-order valence-electron chi connectivity index (χ0n) is 14.9. The van der Waals surface area contributed by atoms with E-state index in [0.717, 1.165) is 5.56 Å². The topological polar surface area (TPSA) is 94.1 Å². The van der Waals surface area contributed by atoms with Crippen LogP contribution in [0.1, 0.15) is 18.0 Å². The number of carbonyl (C=O) groups excluding carboxylic acids is 1. The summed E-state index contributed by atoms with van der Waals surface area (Å²) >= 11 is 0. The smallest absolute Gasteiger partial charge is 0.317 e. The van der Waals surface area contributed by atoms with Gasteiger partial charge in [0.15, 0.2) is 0 Å². The molecule has 2 fully saturated rings. The molecule has 26 heavy (non-hydrogen) atoms. The maximum atomic E-state index is 12.8. The van der Waals surface area contributed by atoms with Crippen LogP contribution < -0.4 is 10.9 Å². The number of morpholine rings is 1. The number of carboxylic acids is 1. The third-order valence-corrected chi connectivity index (χ3v) is 4.77. The van der Waals surface area contributed by atoms with Crippen LogP contribution in [0.5, 0.6) is 0 Å². The zero-order valence-corrected chi connectivity index (χ0v) is 14.9. The van der Waals surface area contributed by atoms with E-state index in [1.165, 1.54) is 0 Å². The molecule has 1 aromatic carbocycles. The number of benzene rings is 1. The number of nitrogens with zero attached hydrogens (tertiary/aromatic N) is 2. The Labute approximate surface area is 153 Å². The first-order chi connectivity index (χ1) is 12.5. The average molecular weight is 362 g/mol. The predicted molar refractivity (Wildman–Crippen MR) is 95.3 cm³/mol. The lowest BCUT2D eigenvalue weighted by molar-refractivity contribution is -0.143. The molecule has 3 unspecified atom stereocenters. The summed E-state index contributed by atoms with van der Waals surface area (Å²) in [4.78, 5) is 27.1. The maximum absolute atomic E-state index is 12.8. The van der Waals surface area contributed by atoms with Crippen LogP contribution in [-0.4, -0.2) is 78.8 Å². The number of nitrogens with one attached hydrogen (secondary N) is 2. The van der Waals surface area contributed by atoms with Crippen LogP contribution in [0.25, 0.3) is 0 Å². The molecule has 3 atom stereocenters. The first-order valence-electron chi connectivity index (χ1n) is 8.89. The van der Waals surface area contributed by atoms with Crippen LogP contribution in [0.3, 0.4) is 0 Å². The van der Waals surface area contributed by atoms with E-state index >= 15 is 0 Å². The predicted octanol–water partition coefficient (Wildman–Crippen LogP) is -0.162. The molecule has 0 radical (unpaired) electrons. The molecular formula is C18H26N4O4. The van der Waals surface area contributed by atoms with Gasteiger partial charge in [-0.25, -0.2) is 10.9 Å². The van der Waals surface area contributed by atoms with Crippen molar-refractivity contribution >= 4 is 11.9 Å².